The van der Waals surface area contributed by atoms with Crippen molar-refractivity contribution in [2.24, 2.45) is 0 Å². The molecule has 0 saturated carbocycles. The Labute approximate surface area is 194 Å². The maximum atomic E-state index is 10.5. The van der Waals surface area contributed by atoms with E-state index in [9.17, 15) is 4.79 Å². The van der Waals surface area contributed by atoms with E-state index in [-0.39, 0.29) is 6.42 Å². The quantitative estimate of drug-likeness (QED) is 0.110. The molecule has 3 nitrogen and oxygen atoms in total. The van der Waals surface area contributed by atoms with Crippen molar-refractivity contribution in [3.8, 4) is 0 Å². The molecule has 0 fully saturated rings. The van der Waals surface area contributed by atoms with Crippen molar-refractivity contribution in [3.05, 3.63) is 12.2 Å². The van der Waals surface area contributed by atoms with Crippen molar-refractivity contribution in [2.45, 2.75) is 161 Å². The Hall–Kier alpha value is -0.830. The molecule has 0 rings (SSSR count). The van der Waals surface area contributed by atoms with Gasteiger partial charge in [0.1, 0.15) is 0 Å². The number of aliphatic carboxylic acids is 1. The first-order chi connectivity index (χ1) is 15.2. The van der Waals surface area contributed by atoms with Crippen LogP contribution >= 0.6 is 0 Å². The Kier molecular flexibility index (Phi) is 24.7. The Bertz CT molecular complexity index is 392. The number of unbranched alkanes of at least 4 members (excludes halogenated alkanes) is 21. The highest BCUT2D eigenvalue weighted by Gasteiger charge is 2.09. The molecular weight excluding hydrogens is 384 g/mol. The van der Waals surface area contributed by atoms with Gasteiger partial charge in [-0.1, -0.05) is 147 Å². The van der Waals surface area contributed by atoms with Gasteiger partial charge in [-0.2, -0.15) is 0 Å². The molecule has 0 amide bonds. The van der Waals surface area contributed by atoms with Crippen molar-refractivity contribution < 1.29 is 15.0 Å². The molecule has 0 aliphatic heterocycles. The van der Waals surface area contributed by atoms with Crippen LogP contribution in [0, 0.1) is 0 Å². The van der Waals surface area contributed by atoms with E-state index >= 15 is 0 Å². The summed E-state index contributed by atoms with van der Waals surface area (Å²) in [5.41, 5.74) is 0. The minimum absolute atomic E-state index is 0.217. The van der Waals surface area contributed by atoms with Gasteiger partial charge in [0.25, 0.3) is 0 Å². The summed E-state index contributed by atoms with van der Waals surface area (Å²) in [5, 5.41) is 17.7. The molecule has 0 bridgehead atoms. The maximum absolute atomic E-state index is 10.5. The van der Waals surface area contributed by atoms with Crippen LogP contribution in [0.5, 0.6) is 0 Å². The third-order valence-electron chi connectivity index (χ3n) is 6.29. The summed E-state index contributed by atoms with van der Waals surface area (Å²) in [5.74, 6) is -1.14. The van der Waals surface area contributed by atoms with Gasteiger partial charge in [0.05, 0.1) is 0 Å². The smallest absolute Gasteiger partial charge is 0.332 e. The van der Waals surface area contributed by atoms with E-state index in [1.54, 1.807) is 6.08 Å². The summed E-state index contributed by atoms with van der Waals surface area (Å²) in [6, 6.07) is 0. The summed E-state index contributed by atoms with van der Waals surface area (Å²) >= 11 is 0. The first-order valence-corrected chi connectivity index (χ1v) is 13.7. The van der Waals surface area contributed by atoms with Gasteiger partial charge in [0.15, 0.2) is 6.10 Å². The number of hydrogen-bond acceptors (Lipinski definition) is 2. The SMILES string of the molecule is CCCCCCCCCCCCCCCCCCCCCCC/C=C/CC(O)C(=O)O. The van der Waals surface area contributed by atoms with Crippen LogP contribution in [-0.4, -0.2) is 22.3 Å². The normalized spacial score (nSPS) is 12.6. The van der Waals surface area contributed by atoms with E-state index in [0.717, 1.165) is 6.42 Å². The molecule has 0 aromatic heterocycles. The molecule has 0 saturated heterocycles. The van der Waals surface area contributed by atoms with Crippen LogP contribution in [0.4, 0.5) is 0 Å². The van der Waals surface area contributed by atoms with Crippen LogP contribution in [0.15, 0.2) is 12.2 Å². The molecule has 0 aromatic rings. The predicted octanol–water partition coefficient (Wildman–Crippen LogP) is 8.98. The summed E-state index contributed by atoms with van der Waals surface area (Å²) in [4.78, 5) is 10.5. The predicted molar refractivity (Wildman–Crippen MR) is 135 cm³/mol. The lowest BCUT2D eigenvalue weighted by Gasteiger charge is -2.04. The Morgan fingerprint density at radius 1 is 0.581 bits per heavy atom. The van der Waals surface area contributed by atoms with E-state index in [0.29, 0.717) is 0 Å². The summed E-state index contributed by atoms with van der Waals surface area (Å²) in [6.45, 7) is 2.29. The lowest BCUT2D eigenvalue weighted by Crippen LogP contribution is -2.17. The molecule has 0 spiro atoms. The number of carbonyl (C=O) groups is 1. The van der Waals surface area contributed by atoms with Crippen molar-refractivity contribution in [1.82, 2.24) is 0 Å². The van der Waals surface area contributed by atoms with E-state index in [1.807, 2.05) is 6.08 Å². The highest BCUT2D eigenvalue weighted by molar-refractivity contribution is 5.72. The third-order valence-corrected chi connectivity index (χ3v) is 6.29. The van der Waals surface area contributed by atoms with Gasteiger partial charge in [-0.3, -0.25) is 0 Å². The second-order valence-electron chi connectivity index (χ2n) is 9.42. The van der Waals surface area contributed by atoms with E-state index in [4.69, 9.17) is 10.2 Å². The van der Waals surface area contributed by atoms with Gasteiger partial charge >= 0.3 is 5.97 Å². The van der Waals surface area contributed by atoms with Crippen LogP contribution < -0.4 is 0 Å². The number of allylic oxidation sites excluding steroid dienone is 1. The van der Waals surface area contributed by atoms with Crippen molar-refractivity contribution >= 4 is 5.97 Å². The van der Waals surface area contributed by atoms with E-state index in [1.165, 1.54) is 135 Å². The molecule has 0 aliphatic rings. The molecule has 2 N–H and O–H groups in total. The Balaban J connectivity index is 3.09. The first kappa shape index (κ1) is 30.2. The van der Waals surface area contributed by atoms with Crippen LogP contribution in [0.3, 0.4) is 0 Å². The molecule has 0 heterocycles. The number of carboxylic acid groups (broad SMARTS) is 1. The van der Waals surface area contributed by atoms with E-state index < -0.39 is 12.1 Å². The highest BCUT2D eigenvalue weighted by Crippen LogP contribution is 2.15. The summed E-state index contributed by atoms with van der Waals surface area (Å²) in [7, 11) is 0. The Morgan fingerprint density at radius 3 is 1.23 bits per heavy atom. The molecule has 3 heteroatoms. The molecule has 184 valence electrons. The van der Waals surface area contributed by atoms with Crippen LogP contribution in [-0.2, 0) is 4.79 Å². The fourth-order valence-electron chi connectivity index (χ4n) is 4.14. The minimum Gasteiger partial charge on any atom is -0.479 e. The minimum atomic E-state index is -1.25. The lowest BCUT2D eigenvalue weighted by molar-refractivity contribution is -0.146. The summed E-state index contributed by atoms with van der Waals surface area (Å²) in [6.07, 6.45) is 33.1. The standard InChI is InChI=1S/C28H54O3/c1-2-3-4-5-6-7-8-9-10-11-12-13-14-15-16-17-18-19-20-21-22-23-24-25-26-27(29)28(30)31/h24-25,27,29H,2-23,26H2,1H3,(H,30,31)/b25-24+. The fraction of sp³-hybridized carbons (Fsp3) is 0.893. The van der Waals surface area contributed by atoms with Crippen LogP contribution in [0.1, 0.15) is 155 Å². The topological polar surface area (TPSA) is 57.5 Å². The van der Waals surface area contributed by atoms with Gasteiger partial charge in [-0.15, -0.1) is 0 Å². The van der Waals surface area contributed by atoms with Crippen molar-refractivity contribution in [3.63, 3.8) is 0 Å². The fourth-order valence-corrected chi connectivity index (χ4v) is 4.14. The second kappa shape index (κ2) is 25.4. The highest BCUT2D eigenvalue weighted by atomic mass is 16.4. The lowest BCUT2D eigenvalue weighted by atomic mass is 10.0. The largest absolute Gasteiger partial charge is 0.479 e. The zero-order valence-electron chi connectivity index (χ0n) is 20.8. The average Bonchev–Trinajstić information content (AvgIpc) is 2.76. The number of aliphatic hydroxyl groups excluding tert-OH is 1. The average molecular weight is 439 g/mol. The van der Waals surface area contributed by atoms with Gasteiger partial charge in [-0.25, -0.2) is 4.79 Å². The van der Waals surface area contributed by atoms with Gasteiger partial charge in [0.2, 0.25) is 0 Å². The molecule has 0 aliphatic carbocycles. The summed E-state index contributed by atoms with van der Waals surface area (Å²) < 4.78 is 0. The number of hydrogen-bond donors (Lipinski definition) is 2. The Morgan fingerprint density at radius 2 is 0.903 bits per heavy atom. The molecule has 1 atom stereocenters. The van der Waals surface area contributed by atoms with Gasteiger partial charge in [-0.05, 0) is 12.8 Å². The number of aliphatic hydroxyl groups is 1. The van der Waals surface area contributed by atoms with Crippen molar-refractivity contribution in [1.29, 1.82) is 0 Å². The molecule has 0 radical (unpaired) electrons. The third kappa shape index (κ3) is 25.3. The zero-order chi connectivity index (χ0) is 22.8. The van der Waals surface area contributed by atoms with Crippen molar-refractivity contribution in [2.75, 3.05) is 0 Å². The van der Waals surface area contributed by atoms with E-state index in [2.05, 4.69) is 6.92 Å². The number of carboxylic acids is 1. The van der Waals surface area contributed by atoms with Gasteiger partial charge in [0, 0.05) is 6.42 Å². The van der Waals surface area contributed by atoms with Crippen LogP contribution in [0.2, 0.25) is 0 Å². The molecule has 1 unspecified atom stereocenters. The number of rotatable bonds is 25. The van der Waals surface area contributed by atoms with Gasteiger partial charge < -0.3 is 10.2 Å². The first-order valence-electron chi connectivity index (χ1n) is 13.7. The zero-order valence-corrected chi connectivity index (χ0v) is 20.8. The molecule has 31 heavy (non-hydrogen) atoms. The monoisotopic (exact) mass is 438 g/mol. The van der Waals surface area contributed by atoms with Crippen LogP contribution in [0.25, 0.3) is 0 Å². The molecular formula is C28H54O3. The maximum Gasteiger partial charge on any atom is 0.332 e. The second-order valence-corrected chi connectivity index (χ2v) is 9.42. The molecule has 0 aromatic carbocycles.